The second-order valence-corrected chi connectivity index (χ2v) is 21.7. The summed E-state index contributed by atoms with van der Waals surface area (Å²) >= 11 is 0. The van der Waals surface area contributed by atoms with Crippen LogP contribution in [0.1, 0.15) is 342 Å². The number of unbranched alkanes of at least 4 members (excludes halogenated alkanes) is 47. The minimum absolute atomic E-state index is 0.412. The quantitative estimate of drug-likeness (QED) is 0.0488. The summed E-state index contributed by atoms with van der Waals surface area (Å²) in [4.78, 5) is 11.0. The third kappa shape index (κ3) is 49.4. The maximum absolute atomic E-state index is 13.4. The molecule has 0 fully saturated rings. The number of hydrogen-bond acceptors (Lipinski definition) is 2. The second-order valence-electron chi connectivity index (χ2n) is 19.9. The van der Waals surface area contributed by atoms with E-state index in [1.165, 1.54) is 283 Å². The molecule has 1 atom stereocenters. The standard InChI is InChI=1S/C56H116NO3P/c1-4-7-10-13-16-18-20-22-24-26-28-30-32-34-36-38-40-42-44-46-48-51-54-57(61(58,59)60-56-53-50-15-12-9-6-3)55-52-49-47-45-43-41-39-37-35-33-31-29-27-25-23-21-19-17-14-11-8-5-2/h4-56H2,1-3H3,(H,58,59). The van der Waals surface area contributed by atoms with E-state index < -0.39 is 7.75 Å². The maximum atomic E-state index is 13.4. The lowest BCUT2D eigenvalue weighted by atomic mass is 10.0. The summed E-state index contributed by atoms with van der Waals surface area (Å²) in [6.45, 7) is 8.65. The normalized spacial score (nSPS) is 12.9. The van der Waals surface area contributed by atoms with Crippen LogP contribution in [0.4, 0.5) is 0 Å². The van der Waals surface area contributed by atoms with Crippen LogP contribution in [-0.4, -0.2) is 29.3 Å². The summed E-state index contributed by atoms with van der Waals surface area (Å²) < 4.78 is 21.0. The summed E-state index contributed by atoms with van der Waals surface area (Å²) in [5.41, 5.74) is 0. The summed E-state index contributed by atoms with van der Waals surface area (Å²) in [6, 6.07) is 0. The molecule has 368 valence electrons. The van der Waals surface area contributed by atoms with Crippen LogP contribution in [0.25, 0.3) is 0 Å². The van der Waals surface area contributed by atoms with Crippen LogP contribution in [0.15, 0.2) is 0 Å². The number of rotatable bonds is 55. The summed E-state index contributed by atoms with van der Waals surface area (Å²) in [7, 11) is -3.72. The molecule has 1 N–H and O–H groups in total. The zero-order chi connectivity index (χ0) is 44.3. The van der Waals surface area contributed by atoms with Crippen molar-refractivity contribution in [3.8, 4) is 0 Å². The van der Waals surface area contributed by atoms with Gasteiger partial charge < -0.3 is 4.89 Å². The van der Waals surface area contributed by atoms with E-state index in [2.05, 4.69) is 20.8 Å². The van der Waals surface area contributed by atoms with E-state index >= 15 is 0 Å². The molecule has 0 radical (unpaired) electrons. The van der Waals surface area contributed by atoms with Crippen LogP contribution >= 0.6 is 7.75 Å². The van der Waals surface area contributed by atoms with E-state index in [1.807, 2.05) is 4.67 Å². The van der Waals surface area contributed by atoms with Crippen molar-refractivity contribution in [2.75, 3.05) is 19.7 Å². The Kier molecular flexibility index (Phi) is 52.8. The second kappa shape index (κ2) is 52.7. The molecule has 0 aromatic rings. The van der Waals surface area contributed by atoms with Crippen LogP contribution in [0.3, 0.4) is 0 Å². The Bertz CT molecular complexity index is 791. The minimum atomic E-state index is -3.72. The van der Waals surface area contributed by atoms with Gasteiger partial charge in [-0.05, 0) is 19.3 Å². The molecule has 0 saturated carbocycles. The van der Waals surface area contributed by atoms with E-state index in [4.69, 9.17) is 4.52 Å². The van der Waals surface area contributed by atoms with Gasteiger partial charge in [0.1, 0.15) is 0 Å². The lowest BCUT2D eigenvalue weighted by Crippen LogP contribution is -2.24. The minimum Gasteiger partial charge on any atom is -0.312 e. The predicted octanol–water partition coefficient (Wildman–Crippen LogP) is 21.0. The Morgan fingerprint density at radius 1 is 0.279 bits per heavy atom. The van der Waals surface area contributed by atoms with Crippen molar-refractivity contribution in [1.82, 2.24) is 4.67 Å². The van der Waals surface area contributed by atoms with Crippen molar-refractivity contribution < 1.29 is 14.0 Å². The molecule has 0 aliphatic rings. The monoisotopic (exact) mass is 882 g/mol. The van der Waals surface area contributed by atoms with Gasteiger partial charge in [0.2, 0.25) is 0 Å². The van der Waals surface area contributed by atoms with Gasteiger partial charge in [-0.2, -0.15) is 0 Å². The molecule has 0 aromatic carbocycles. The molecule has 0 saturated heterocycles. The molecule has 0 aromatic heterocycles. The van der Waals surface area contributed by atoms with E-state index in [1.54, 1.807) is 0 Å². The fourth-order valence-corrected chi connectivity index (χ4v) is 10.6. The van der Waals surface area contributed by atoms with E-state index in [-0.39, 0.29) is 0 Å². The third-order valence-electron chi connectivity index (χ3n) is 13.7. The van der Waals surface area contributed by atoms with Crippen LogP contribution in [0.5, 0.6) is 0 Å². The lowest BCUT2D eigenvalue weighted by Gasteiger charge is -2.26. The zero-order valence-corrected chi connectivity index (χ0v) is 43.5. The molecule has 0 spiro atoms. The smallest absolute Gasteiger partial charge is 0.312 e. The Labute approximate surface area is 386 Å². The molecule has 0 heterocycles. The highest BCUT2D eigenvalue weighted by molar-refractivity contribution is 7.50. The van der Waals surface area contributed by atoms with Gasteiger partial charge in [-0.15, -0.1) is 0 Å². The molecule has 0 rings (SSSR count). The van der Waals surface area contributed by atoms with Gasteiger partial charge in [0, 0.05) is 13.1 Å². The average Bonchev–Trinajstić information content (AvgIpc) is 3.26. The van der Waals surface area contributed by atoms with Crippen molar-refractivity contribution >= 4 is 7.75 Å². The largest absolute Gasteiger partial charge is 0.405 e. The van der Waals surface area contributed by atoms with E-state index in [9.17, 15) is 9.46 Å². The molecule has 0 aliphatic heterocycles. The highest BCUT2D eigenvalue weighted by atomic mass is 31.2. The van der Waals surface area contributed by atoms with E-state index in [0.717, 1.165) is 38.5 Å². The SMILES string of the molecule is CCCCCCCCCCCCCCCCCCCCCCCCN(CCCCCCCCCCCCCCCCCCCCCCCC)P(=O)(O)OCCCCCCCC. The first kappa shape index (κ1) is 61.1. The van der Waals surface area contributed by atoms with E-state index in [0.29, 0.717) is 19.7 Å². The molecule has 4 nitrogen and oxygen atoms in total. The molecule has 0 aliphatic carbocycles. The Morgan fingerprint density at radius 3 is 0.639 bits per heavy atom. The molecule has 1 unspecified atom stereocenters. The fourth-order valence-electron chi connectivity index (χ4n) is 9.32. The molecular weight excluding hydrogens is 766 g/mol. The highest BCUT2D eigenvalue weighted by Crippen LogP contribution is 2.47. The number of nitrogens with zero attached hydrogens (tertiary/aromatic N) is 1. The molecule has 61 heavy (non-hydrogen) atoms. The average molecular weight is 883 g/mol. The summed E-state index contributed by atoms with van der Waals surface area (Å²) in [6.07, 6.45) is 67.9. The Balaban J connectivity index is 3.94. The van der Waals surface area contributed by atoms with Crippen molar-refractivity contribution in [2.24, 2.45) is 0 Å². The van der Waals surface area contributed by atoms with Crippen LogP contribution in [0.2, 0.25) is 0 Å². The first-order chi connectivity index (χ1) is 30.1. The molecule has 5 heteroatoms. The Morgan fingerprint density at radius 2 is 0.443 bits per heavy atom. The first-order valence-corrected chi connectivity index (χ1v) is 30.3. The van der Waals surface area contributed by atoms with Crippen molar-refractivity contribution in [3.63, 3.8) is 0 Å². The molecular formula is C56H116NO3P. The van der Waals surface area contributed by atoms with Crippen molar-refractivity contribution in [3.05, 3.63) is 0 Å². The Hall–Kier alpha value is 0.110. The zero-order valence-electron chi connectivity index (χ0n) is 42.6. The lowest BCUT2D eigenvalue weighted by molar-refractivity contribution is 0.194. The topological polar surface area (TPSA) is 49.8 Å². The third-order valence-corrected chi connectivity index (χ3v) is 15.3. The van der Waals surface area contributed by atoms with Gasteiger partial charge in [0.25, 0.3) is 0 Å². The van der Waals surface area contributed by atoms with Crippen LogP contribution in [-0.2, 0) is 9.09 Å². The van der Waals surface area contributed by atoms with Gasteiger partial charge in [-0.1, -0.05) is 323 Å². The van der Waals surface area contributed by atoms with Gasteiger partial charge in [-0.3, -0.25) is 4.52 Å². The van der Waals surface area contributed by atoms with Gasteiger partial charge >= 0.3 is 7.75 Å². The van der Waals surface area contributed by atoms with Crippen molar-refractivity contribution in [2.45, 2.75) is 342 Å². The van der Waals surface area contributed by atoms with Gasteiger partial charge in [0.05, 0.1) is 6.61 Å². The van der Waals surface area contributed by atoms with Crippen molar-refractivity contribution in [1.29, 1.82) is 0 Å². The summed E-state index contributed by atoms with van der Waals surface area (Å²) in [5.74, 6) is 0. The van der Waals surface area contributed by atoms with Gasteiger partial charge in [0.15, 0.2) is 0 Å². The first-order valence-electron chi connectivity index (χ1n) is 28.8. The summed E-state index contributed by atoms with van der Waals surface area (Å²) in [5, 5.41) is 0. The predicted molar refractivity (Wildman–Crippen MR) is 275 cm³/mol. The highest BCUT2D eigenvalue weighted by Gasteiger charge is 2.28. The molecule has 0 amide bonds. The number of hydrogen-bond donors (Lipinski definition) is 1. The van der Waals surface area contributed by atoms with Crippen LogP contribution in [0, 0.1) is 0 Å². The molecule has 0 bridgehead atoms. The van der Waals surface area contributed by atoms with Gasteiger partial charge in [-0.25, -0.2) is 9.24 Å². The maximum Gasteiger partial charge on any atom is 0.405 e. The fraction of sp³-hybridized carbons (Fsp3) is 1.00. The van der Waals surface area contributed by atoms with Crippen LogP contribution < -0.4 is 0 Å².